The second kappa shape index (κ2) is 17.0. The summed E-state index contributed by atoms with van der Waals surface area (Å²) in [6.07, 6.45) is 22.6. The maximum atomic E-state index is 7.58. The fourth-order valence-electron chi connectivity index (χ4n) is 9.82. The molecule has 292 valence electrons. The zero-order valence-electron chi connectivity index (χ0n) is 35.3. The predicted octanol–water partition coefficient (Wildman–Crippen LogP) is 13.6. The Kier molecular flexibility index (Phi) is 13.8. The van der Waals surface area contributed by atoms with Crippen LogP contribution in [0.5, 0.6) is 5.75 Å². The van der Waals surface area contributed by atoms with Crippen LogP contribution < -0.4 is 4.43 Å². The molecule has 1 aromatic rings. The van der Waals surface area contributed by atoms with Crippen LogP contribution in [0.2, 0.25) is 36.3 Å². The molecule has 4 nitrogen and oxygen atoms in total. The van der Waals surface area contributed by atoms with E-state index in [1.165, 1.54) is 103 Å². The summed E-state index contributed by atoms with van der Waals surface area (Å²) in [5.41, 5.74) is 3.52. The van der Waals surface area contributed by atoms with Gasteiger partial charge in [-0.1, -0.05) is 99.5 Å². The summed E-state index contributed by atoms with van der Waals surface area (Å²) in [6, 6.07) is 7.23. The first kappa shape index (κ1) is 41.5. The first-order valence-electron chi connectivity index (χ1n) is 21.7. The van der Waals surface area contributed by atoms with E-state index in [2.05, 4.69) is 92.9 Å². The van der Waals surface area contributed by atoms with Gasteiger partial charge in [0.05, 0.1) is 6.10 Å². The van der Waals surface area contributed by atoms with E-state index in [0.717, 1.165) is 37.2 Å². The zero-order valence-corrected chi connectivity index (χ0v) is 37.3. The van der Waals surface area contributed by atoms with Gasteiger partial charge in [-0.25, -0.2) is 0 Å². The Morgan fingerprint density at radius 1 is 0.804 bits per heavy atom. The average Bonchev–Trinajstić information content (AvgIpc) is 3.33. The smallest absolute Gasteiger partial charge is 0.250 e. The van der Waals surface area contributed by atoms with Gasteiger partial charge in [-0.05, 0) is 153 Å². The molecule has 51 heavy (non-hydrogen) atoms. The Bertz CT molecular complexity index is 1240. The van der Waals surface area contributed by atoms with Crippen LogP contribution in [0.3, 0.4) is 0 Å². The standard InChI is InChI=1S/C45H80O4Si2/c1-43(2,3)50(8,9)48-36-25-27-37-34(32-36)24-26-39-38(37)28-29-45(7)40(39)33-35(42(45)49-51(10,11)44(4,5)6)22-18-16-14-12-13-15-17-20-30-46-41-23-19-21-31-47-41/h25,27,32,35,38-42H,12-24,26,28-31,33H2,1-11H3/t35-,38+,39+,40-,41?,42-,45-/m0/s1. The molecule has 1 aliphatic heterocycles. The zero-order chi connectivity index (χ0) is 37.1. The predicted molar refractivity (Wildman–Crippen MR) is 221 cm³/mol. The van der Waals surface area contributed by atoms with E-state index in [9.17, 15) is 0 Å². The van der Waals surface area contributed by atoms with E-state index in [-0.39, 0.29) is 16.4 Å². The number of hydrogen-bond acceptors (Lipinski definition) is 4. The lowest BCUT2D eigenvalue weighted by Gasteiger charge is -2.52. The summed E-state index contributed by atoms with van der Waals surface area (Å²) in [5.74, 6) is 4.09. The summed E-state index contributed by atoms with van der Waals surface area (Å²) < 4.78 is 26.0. The Morgan fingerprint density at radius 2 is 1.47 bits per heavy atom. The first-order chi connectivity index (χ1) is 23.9. The number of ether oxygens (including phenoxy) is 2. The van der Waals surface area contributed by atoms with Crippen molar-refractivity contribution in [1.29, 1.82) is 0 Å². The molecular weight excluding hydrogens is 661 g/mol. The quantitative estimate of drug-likeness (QED) is 0.125. The van der Waals surface area contributed by atoms with Crippen molar-refractivity contribution in [3.8, 4) is 5.75 Å². The highest BCUT2D eigenvalue weighted by Crippen LogP contribution is 2.64. The van der Waals surface area contributed by atoms with Gasteiger partial charge in [-0.15, -0.1) is 0 Å². The molecule has 0 amide bonds. The van der Waals surface area contributed by atoms with Gasteiger partial charge in [0.2, 0.25) is 8.32 Å². The molecule has 1 heterocycles. The third kappa shape index (κ3) is 9.96. The maximum Gasteiger partial charge on any atom is 0.250 e. The minimum absolute atomic E-state index is 0.0688. The van der Waals surface area contributed by atoms with Crippen molar-refractivity contribution >= 4 is 16.6 Å². The van der Waals surface area contributed by atoms with Crippen LogP contribution in [-0.4, -0.2) is 42.2 Å². The van der Waals surface area contributed by atoms with Crippen molar-refractivity contribution in [2.75, 3.05) is 13.2 Å². The van der Waals surface area contributed by atoms with Crippen molar-refractivity contribution < 1.29 is 18.3 Å². The first-order valence-corrected chi connectivity index (χ1v) is 27.5. The number of rotatable bonds is 16. The molecule has 0 aromatic heterocycles. The van der Waals surface area contributed by atoms with Crippen LogP contribution in [0.15, 0.2) is 18.2 Å². The molecule has 0 bridgehead atoms. The summed E-state index contributed by atoms with van der Waals surface area (Å²) >= 11 is 0. The van der Waals surface area contributed by atoms with Crippen molar-refractivity contribution in [3.63, 3.8) is 0 Å². The highest BCUT2D eigenvalue weighted by molar-refractivity contribution is 6.75. The largest absolute Gasteiger partial charge is 0.543 e. The third-order valence-corrected chi connectivity index (χ3v) is 23.9. The molecule has 2 saturated carbocycles. The van der Waals surface area contributed by atoms with Gasteiger partial charge < -0.3 is 18.3 Å². The molecular formula is C45H80O4Si2. The van der Waals surface area contributed by atoms with Gasteiger partial charge >= 0.3 is 0 Å². The van der Waals surface area contributed by atoms with Gasteiger partial charge in [0, 0.05) is 13.2 Å². The Balaban J connectivity index is 1.16. The lowest BCUT2D eigenvalue weighted by molar-refractivity contribution is -0.162. The van der Waals surface area contributed by atoms with Gasteiger partial charge in [0.1, 0.15) is 5.75 Å². The van der Waals surface area contributed by atoms with Crippen molar-refractivity contribution in [1.82, 2.24) is 0 Å². The summed E-state index contributed by atoms with van der Waals surface area (Å²) in [4.78, 5) is 0. The van der Waals surface area contributed by atoms with E-state index in [1.54, 1.807) is 11.1 Å². The molecule has 7 atom stereocenters. The van der Waals surface area contributed by atoms with Crippen molar-refractivity contribution in [2.45, 2.75) is 212 Å². The second-order valence-corrected chi connectivity index (χ2v) is 30.2. The number of unbranched alkanes of at least 4 members (excludes halogenated alkanes) is 7. The SMILES string of the molecule is CC(C)(C)[Si](C)(C)Oc1ccc2c(c1)CC[C@@H]1[C@@H]2CC[C@@]2(C)[C@H]1C[C@H](CCCCCCCCCCOC1CCCCO1)[C@@H]2O[Si](C)(C)C(C)(C)C. The highest BCUT2D eigenvalue weighted by atomic mass is 28.4. The average molecular weight is 741 g/mol. The van der Waals surface area contributed by atoms with Gasteiger partial charge in [-0.2, -0.15) is 0 Å². The molecule has 1 saturated heterocycles. The molecule has 0 spiro atoms. The molecule has 1 aromatic carbocycles. The topological polar surface area (TPSA) is 36.9 Å². The molecule has 3 aliphatic carbocycles. The Labute approximate surface area is 317 Å². The number of benzene rings is 1. The van der Waals surface area contributed by atoms with E-state index >= 15 is 0 Å². The van der Waals surface area contributed by atoms with Gasteiger partial charge in [0.25, 0.3) is 0 Å². The minimum atomic E-state index is -1.89. The minimum Gasteiger partial charge on any atom is -0.543 e. The molecule has 3 fully saturated rings. The van der Waals surface area contributed by atoms with Crippen molar-refractivity contribution in [3.05, 3.63) is 29.3 Å². The molecule has 4 aliphatic rings. The summed E-state index contributed by atoms with van der Waals surface area (Å²) in [5, 5.41) is 0.455. The van der Waals surface area contributed by atoms with Crippen LogP contribution in [0.1, 0.15) is 168 Å². The van der Waals surface area contributed by atoms with Crippen molar-refractivity contribution in [2.24, 2.45) is 23.2 Å². The number of aryl methyl sites for hydroxylation is 1. The van der Waals surface area contributed by atoms with Gasteiger partial charge in [0.15, 0.2) is 14.6 Å². The van der Waals surface area contributed by atoms with Gasteiger partial charge in [-0.3, -0.25) is 0 Å². The molecule has 0 radical (unpaired) electrons. The fourth-order valence-corrected chi connectivity index (χ4v) is 12.3. The van der Waals surface area contributed by atoms with E-state index in [0.29, 0.717) is 23.4 Å². The molecule has 0 N–H and O–H groups in total. The fraction of sp³-hybridized carbons (Fsp3) is 0.867. The van der Waals surface area contributed by atoms with Crippen LogP contribution in [-0.2, 0) is 20.3 Å². The van der Waals surface area contributed by atoms with Crippen LogP contribution in [0.4, 0.5) is 0 Å². The second-order valence-electron chi connectivity index (χ2n) is 20.8. The van der Waals surface area contributed by atoms with E-state index < -0.39 is 16.6 Å². The number of fused-ring (bicyclic) bond motifs is 5. The Hall–Kier alpha value is -0.666. The molecule has 1 unspecified atom stereocenters. The normalized spacial score (nSPS) is 30.1. The van der Waals surface area contributed by atoms with Crippen LogP contribution in [0.25, 0.3) is 0 Å². The highest BCUT2D eigenvalue weighted by Gasteiger charge is 2.60. The van der Waals surface area contributed by atoms with E-state index in [4.69, 9.17) is 18.3 Å². The Morgan fingerprint density at radius 3 is 2.12 bits per heavy atom. The summed E-state index contributed by atoms with van der Waals surface area (Å²) in [7, 11) is -3.74. The summed E-state index contributed by atoms with van der Waals surface area (Å²) in [6.45, 7) is 28.5. The van der Waals surface area contributed by atoms with E-state index in [1.807, 2.05) is 0 Å². The van der Waals surface area contributed by atoms with Crippen LogP contribution >= 0.6 is 0 Å². The third-order valence-electron chi connectivity index (χ3n) is 15.1. The maximum absolute atomic E-state index is 7.58. The molecule has 5 rings (SSSR count). The molecule has 6 heteroatoms. The lowest BCUT2D eigenvalue weighted by Crippen LogP contribution is -2.51. The number of hydrogen-bond donors (Lipinski definition) is 0. The monoisotopic (exact) mass is 741 g/mol. The van der Waals surface area contributed by atoms with Crippen LogP contribution in [0, 0.1) is 23.2 Å². The lowest BCUT2D eigenvalue weighted by atomic mass is 9.55.